The van der Waals surface area contributed by atoms with Gasteiger partial charge in [0.1, 0.15) is 16.1 Å². The first-order valence-electron chi connectivity index (χ1n) is 5.35. The van der Waals surface area contributed by atoms with E-state index in [1.54, 1.807) is 10.8 Å². The van der Waals surface area contributed by atoms with Crippen LogP contribution in [0.5, 0.6) is 0 Å². The standard InChI is InChI=1S/C11H13BrN4O/c1-3-15-5-4-13-10(15)7-16-8(2)14-6-9(12)11(16)17/h4-6H,3,7H2,1-2H3. The highest BCUT2D eigenvalue weighted by atomic mass is 79.9. The average Bonchev–Trinajstić information content (AvgIpc) is 2.77. The molecule has 0 radical (unpaired) electrons. The molecular weight excluding hydrogens is 284 g/mol. The summed E-state index contributed by atoms with van der Waals surface area (Å²) < 4.78 is 4.09. The summed E-state index contributed by atoms with van der Waals surface area (Å²) in [5.41, 5.74) is -0.0804. The highest BCUT2D eigenvalue weighted by Gasteiger charge is 2.09. The zero-order valence-electron chi connectivity index (χ0n) is 9.72. The molecule has 2 heterocycles. The molecule has 0 aliphatic heterocycles. The smallest absolute Gasteiger partial charge is 0.268 e. The maximum atomic E-state index is 12.0. The molecule has 6 heteroatoms. The van der Waals surface area contributed by atoms with Crippen LogP contribution in [0, 0.1) is 6.92 Å². The Kier molecular flexibility index (Phi) is 3.42. The SMILES string of the molecule is CCn1ccnc1Cn1c(C)ncc(Br)c1=O. The van der Waals surface area contributed by atoms with Gasteiger partial charge < -0.3 is 4.57 Å². The van der Waals surface area contributed by atoms with Crippen molar-refractivity contribution in [2.45, 2.75) is 26.9 Å². The zero-order valence-corrected chi connectivity index (χ0v) is 11.3. The number of hydrogen-bond donors (Lipinski definition) is 0. The van der Waals surface area contributed by atoms with Gasteiger partial charge in [-0.1, -0.05) is 0 Å². The maximum Gasteiger partial charge on any atom is 0.268 e. The van der Waals surface area contributed by atoms with Crippen molar-refractivity contribution in [1.82, 2.24) is 19.1 Å². The molecule has 0 atom stereocenters. The largest absolute Gasteiger partial charge is 0.334 e. The molecule has 0 aliphatic carbocycles. The van der Waals surface area contributed by atoms with Crippen molar-refractivity contribution in [3.63, 3.8) is 0 Å². The second-order valence-electron chi connectivity index (χ2n) is 3.67. The predicted octanol–water partition coefficient (Wildman–Crippen LogP) is 1.58. The molecule has 0 bridgehead atoms. The highest BCUT2D eigenvalue weighted by molar-refractivity contribution is 9.10. The number of hydrogen-bond acceptors (Lipinski definition) is 3. The monoisotopic (exact) mass is 296 g/mol. The van der Waals surface area contributed by atoms with E-state index < -0.39 is 0 Å². The molecule has 0 N–H and O–H groups in total. The third-order valence-corrected chi connectivity index (χ3v) is 3.19. The van der Waals surface area contributed by atoms with Crippen LogP contribution < -0.4 is 5.56 Å². The van der Waals surface area contributed by atoms with Gasteiger partial charge in [0.05, 0.1) is 6.54 Å². The van der Waals surface area contributed by atoms with Crippen LogP contribution in [0.15, 0.2) is 27.9 Å². The molecule has 0 unspecified atom stereocenters. The summed E-state index contributed by atoms with van der Waals surface area (Å²) in [6, 6.07) is 0. The Labute approximate surface area is 107 Å². The second-order valence-corrected chi connectivity index (χ2v) is 4.53. The number of aromatic nitrogens is 4. The van der Waals surface area contributed by atoms with Gasteiger partial charge in [-0.3, -0.25) is 9.36 Å². The van der Waals surface area contributed by atoms with E-state index in [0.29, 0.717) is 16.8 Å². The lowest BCUT2D eigenvalue weighted by Gasteiger charge is -2.10. The molecule has 90 valence electrons. The first-order chi connectivity index (χ1) is 8.13. The van der Waals surface area contributed by atoms with Gasteiger partial charge in [-0.15, -0.1) is 0 Å². The van der Waals surface area contributed by atoms with Crippen LogP contribution in [-0.4, -0.2) is 19.1 Å². The van der Waals surface area contributed by atoms with Gasteiger partial charge in [0.2, 0.25) is 0 Å². The summed E-state index contributed by atoms with van der Waals surface area (Å²) in [7, 11) is 0. The Morgan fingerprint density at radius 1 is 1.41 bits per heavy atom. The fourth-order valence-corrected chi connectivity index (χ4v) is 1.97. The van der Waals surface area contributed by atoms with Crippen LogP contribution in [0.1, 0.15) is 18.6 Å². The number of aryl methyl sites for hydroxylation is 2. The minimum Gasteiger partial charge on any atom is -0.334 e. The Balaban J connectivity index is 2.43. The van der Waals surface area contributed by atoms with Gasteiger partial charge >= 0.3 is 0 Å². The lowest BCUT2D eigenvalue weighted by atomic mass is 10.4. The molecule has 0 aliphatic rings. The van der Waals surface area contributed by atoms with Gasteiger partial charge in [0.15, 0.2) is 0 Å². The topological polar surface area (TPSA) is 52.7 Å². The molecule has 5 nitrogen and oxygen atoms in total. The van der Waals surface area contributed by atoms with Crippen molar-refractivity contribution in [2.24, 2.45) is 0 Å². The van der Waals surface area contributed by atoms with E-state index in [1.165, 1.54) is 6.20 Å². The van der Waals surface area contributed by atoms with Crippen molar-refractivity contribution in [1.29, 1.82) is 0 Å². The van der Waals surface area contributed by atoms with E-state index in [9.17, 15) is 4.79 Å². The van der Waals surface area contributed by atoms with E-state index >= 15 is 0 Å². The molecule has 0 spiro atoms. The van der Waals surface area contributed by atoms with Gasteiger partial charge in [-0.05, 0) is 29.8 Å². The minimum absolute atomic E-state index is 0.0804. The Hall–Kier alpha value is -1.43. The molecular formula is C11H13BrN4O. The van der Waals surface area contributed by atoms with Crippen molar-refractivity contribution < 1.29 is 0 Å². The molecule has 2 aromatic heterocycles. The summed E-state index contributed by atoms with van der Waals surface area (Å²) in [4.78, 5) is 20.4. The number of halogens is 1. The molecule has 0 fully saturated rings. The summed E-state index contributed by atoms with van der Waals surface area (Å²) in [5.74, 6) is 1.54. The predicted molar refractivity (Wildman–Crippen MR) is 67.9 cm³/mol. The summed E-state index contributed by atoms with van der Waals surface area (Å²) in [6.45, 7) is 5.13. The van der Waals surface area contributed by atoms with Gasteiger partial charge in [0, 0.05) is 25.1 Å². The van der Waals surface area contributed by atoms with Crippen molar-refractivity contribution in [2.75, 3.05) is 0 Å². The van der Waals surface area contributed by atoms with Crippen LogP contribution in [0.4, 0.5) is 0 Å². The fourth-order valence-electron chi connectivity index (χ4n) is 1.66. The summed E-state index contributed by atoms with van der Waals surface area (Å²) >= 11 is 3.20. The van der Waals surface area contributed by atoms with E-state index in [0.717, 1.165) is 12.4 Å². The Morgan fingerprint density at radius 3 is 2.88 bits per heavy atom. The van der Waals surface area contributed by atoms with Crippen molar-refractivity contribution in [3.8, 4) is 0 Å². The summed E-state index contributed by atoms with van der Waals surface area (Å²) in [6.07, 6.45) is 5.17. The van der Waals surface area contributed by atoms with Crippen LogP contribution in [-0.2, 0) is 13.1 Å². The molecule has 0 saturated heterocycles. The first kappa shape index (κ1) is 12.0. The maximum absolute atomic E-state index is 12.0. The molecule has 0 aromatic carbocycles. The molecule has 17 heavy (non-hydrogen) atoms. The third kappa shape index (κ3) is 2.31. The first-order valence-corrected chi connectivity index (χ1v) is 6.14. The molecule has 0 saturated carbocycles. The molecule has 0 amide bonds. The van der Waals surface area contributed by atoms with Crippen molar-refractivity contribution >= 4 is 15.9 Å². The van der Waals surface area contributed by atoms with Gasteiger partial charge in [0.25, 0.3) is 5.56 Å². The third-order valence-electron chi connectivity index (χ3n) is 2.65. The number of nitrogens with zero attached hydrogens (tertiary/aromatic N) is 4. The van der Waals surface area contributed by atoms with Crippen LogP contribution in [0.3, 0.4) is 0 Å². The quantitative estimate of drug-likeness (QED) is 0.864. The fraction of sp³-hybridized carbons (Fsp3) is 0.364. The van der Waals surface area contributed by atoms with E-state index in [-0.39, 0.29) is 5.56 Å². The average molecular weight is 297 g/mol. The Bertz CT molecular complexity index is 587. The van der Waals surface area contributed by atoms with Crippen molar-refractivity contribution in [3.05, 3.63) is 45.1 Å². The lowest BCUT2D eigenvalue weighted by molar-refractivity contribution is 0.615. The number of rotatable bonds is 3. The van der Waals surface area contributed by atoms with Crippen LogP contribution in [0.25, 0.3) is 0 Å². The highest BCUT2D eigenvalue weighted by Crippen LogP contribution is 2.05. The van der Waals surface area contributed by atoms with Gasteiger partial charge in [-0.2, -0.15) is 0 Å². The van der Waals surface area contributed by atoms with E-state index in [2.05, 4.69) is 25.9 Å². The normalized spacial score (nSPS) is 10.8. The van der Waals surface area contributed by atoms with E-state index in [1.807, 2.05) is 24.6 Å². The van der Waals surface area contributed by atoms with Gasteiger partial charge in [-0.25, -0.2) is 9.97 Å². The Morgan fingerprint density at radius 2 is 2.18 bits per heavy atom. The summed E-state index contributed by atoms with van der Waals surface area (Å²) in [5, 5.41) is 0. The zero-order chi connectivity index (χ0) is 12.4. The van der Waals surface area contributed by atoms with Crippen LogP contribution >= 0.6 is 15.9 Å². The minimum atomic E-state index is -0.0804. The number of imidazole rings is 1. The van der Waals surface area contributed by atoms with Crippen LogP contribution in [0.2, 0.25) is 0 Å². The second kappa shape index (κ2) is 4.83. The molecule has 2 rings (SSSR count). The molecule has 2 aromatic rings. The lowest BCUT2D eigenvalue weighted by Crippen LogP contribution is -2.25. The van der Waals surface area contributed by atoms with E-state index in [4.69, 9.17) is 0 Å².